The highest BCUT2D eigenvalue weighted by Crippen LogP contribution is 2.29. The number of rotatable bonds is 5. The Labute approximate surface area is 132 Å². The molecule has 0 spiro atoms. The van der Waals surface area contributed by atoms with Crippen LogP contribution in [0.1, 0.15) is 30.0 Å². The fraction of sp³-hybridized carbons (Fsp3) is 0.500. The van der Waals surface area contributed by atoms with Gasteiger partial charge in [-0.1, -0.05) is 6.92 Å². The molecule has 0 atom stereocenters. The van der Waals surface area contributed by atoms with Gasteiger partial charge in [0.15, 0.2) is 0 Å². The van der Waals surface area contributed by atoms with Crippen LogP contribution < -0.4 is 4.18 Å². The molecule has 12 heteroatoms. The summed E-state index contributed by atoms with van der Waals surface area (Å²) in [5.74, 6) is -2.25. The number of carbonyl (C=O) groups is 1. The first-order chi connectivity index (χ1) is 10.0. The minimum atomic E-state index is -5.99. The molecule has 0 unspecified atom stereocenters. The summed E-state index contributed by atoms with van der Waals surface area (Å²) in [6.45, 7) is 2.95. The molecule has 124 valence electrons. The van der Waals surface area contributed by atoms with Gasteiger partial charge in [-0.15, -0.1) is 0 Å². The summed E-state index contributed by atoms with van der Waals surface area (Å²) in [5.41, 5.74) is -6.33. The first-order valence-corrected chi connectivity index (χ1v) is 7.97. The number of carbonyl (C=O) groups excluding carboxylic acids is 1. The molecule has 0 bridgehead atoms. The van der Waals surface area contributed by atoms with Gasteiger partial charge in [-0.2, -0.15) is 21.6 Å². The Morgan fingerprint density at radius 3 is 2.32 bits per heavy atom. The van der Waals surface area contributed by atoms with E-state index in [-0.39, 0.29) is 23.3 Å². The molecule has 1 rings (SSSR count). The average Bonchev–Trinajstić information content (AvgIpc) is 2.39. The summed E-state index contributed by atoms with van der Waals surface area (Å²) in [6, 6.07) is 0. The second kappa shape index (κ2) is 6.77. The molecular weight excluding hydrogens is 397 g/mol. The normalized spacial score (nSPS) is 12.1. The smallest absolute Gasteiger partial charge is 0.461 e. The zero-order chi connectivity index (χ0) is 17.1. The molecule has 0 saturated carbocycles. The molecular formula is C10H10BrF3N2O5S. The summed E-state index contributed by atoms with van der Waals surface area (Å²) in [5, 5.41) is 0. The SMILES string of the molecule is CCOC(=O)c1nc(Br)c(CC)nc1OS(=O)(=O)C(F)(F)F. The van der Waals surface area contributed by atoms with Crippen molar-refractivity contribution in [2.75, 3.05) is 6.61 Å². The van der Waals surface area contributed by atoms with Crippen molar-refractivity contribution in [2.24, 2.45) is 0 Å². The number of esters is 1. The fourth-order valence-corrected chi connectivity index (χ4v) is 2.16. The fourth-order valence-electron chi connectivity index (χ4n) is 1.20. The molecule has 1 aromatic heterocycles. The predicted molar refractivity (Wildman–Crippen MR) is 70.7 cm³/mol. The Morgan fingerprint density at radius 1 is 1.27 bits per heavy atom. The quantitative estimate of drug-likeness (QED) is 0.420. The molecule has 7 nitrogen and oxygen atoms in total. The predicted octanol–water partition coefficient (Wildman–Crippen LogP) is 2.21. The molecule has 0 aliphatic carbocycles. The number of hydrogen-bond donors (Lipinski definition) is 0. The van der Waals surface area contributed by atoms with E-state index in [4.69, 9.17) is 0 Å². The third kappa shape index (κ3) is 4.06. The highest BCUT2D eigenvalue weighted by atomic mass is 79.9. The van der Waals surface area contributed by atoms with Gasteiger partial charge in [0.25, 0.3) is 5.88 Å². The van der Waals surface area contributed by atoms with Crippen molar-refractivity contribution in [3.8, 4) is 5.88 Å². The topological polar surface area (TPSA) is 95.4 Å². The van der Waals surface area contributed by atoms with E-state index < -0.39 is 33.2 Å². The van der Waals surface area contributed by atoms with Crippen LogP contribution in [-0.4, -0.2) is 36.5 Å². The van der Waals surface area contributed by atoms with E-state index in [2.05, 4.69) is 34.8 Å². The van der Waals surface area contributed by atoms with E-state index >= 15 is 0 Å². The van der Waals surface area contributed by atoms with Crippen LogP contribution in [0.25, 0.3) is 0 Å². The lowest BCUT2D eigenvalue weighted by molar-refractivity contribution is -0.0502. The average molecular weight is 407 g/mol. The van der Waals surface area contributed by atoms with Gasteiger partial charge in [-0.3, -0.25) is 0 Å². The van der Waals surface area contributed by atoms with Crippen LogP contribution in [0, 0.1) is 0 Å². The third-order valence-corrected chi connectivity index (χ3v) is 3.74. The Kier molecular flexibility index (Phi) is 5.73. The highest BCUT2D eigenvalue weighted by molar-refractivity contribution is 9.10. The number of nitrogens with zero attached hydrogens (tertiary/aromatic N) is 2. The molecule has 0 radical (unpaired) electrons. The summed E-state index contributed by atoms with van der Waals surface area (Å²) >= 11 is 2.97. The lowest BCUT2D eigenvalue weighted by Gasteiger charge is -2.12. The monoisotopic (exact) mass is 406 g/mol. The molecule has 0 amide bonds. The lowest BCUT2D eigenvalue weighted by atomic mass is 10.3. The number of aryl methyl sites for hydroxylation is 1. The van der Waals surface area contributed by atoms with Gasteiger partial charge in [-0.25, -0.2) is 14.8 Å². The molecule has 1 heterocycles. The summed E-state index contributed by atoms with van der Waals surface area (Å²) in [4.78, 5) is 18.9. The molecule has 0 aliphatic heterocycles. The first-order valence-electron chi connectivity index (χ1n) is 5.77. The highest BCUT2D eigenvalue weighted by Gasteiger charge is 2.49. The van der Waals surface area contributed by atoms with Crippen molar-refractivity contribution in [3.63, 3.8) is 0 Å². The minimum Gasteiger partial charge on any atom is -0.461 e. The van der Waals surface area contributed by atoms with E-state index in [0.29, 0.717) is 0 Å². The Bertz CT molecular complexity index is 678. The molecule has 1 aromatic rings. The van der Waals surface area contributed by atoms with E-state index in [1.807, 2.05) is 0 Å². The van der Waals surface area contributed by atoms with E-state index in [1.54, 1.807) is 6.92 Å². The second-order valence-corrected chi connectivity index (χ2v) is 5.96. The third-order valence-electron chi connectivity index (χ3n) is 2.16. The molecule has 0 N–H and O–H groups in total. The standard InChI is InChI=1S/C10H10BrF3N2O5S/c1-3-5-7(11)16-6(9(17)20-4-2)8(15-5)21-22(18,19)10(12,13)14/h3-4H2,1-2H3. The van der Waals surface area contributed by atoms with Crippen molar-refractivity contribution >= 4 is 32.0 Å². The van der Waals surface area contributed by atoms with Crippen LogP contribution in [0.3, 0.4) is 0 Å². The Morgan fingerprint density at radius 2 is 1.86 bits per heavy atom. The van der Waals surface area contributed by atoms with Crippen LogP contribution in [0.15, 0.2) is 4.60 Å². The van der Waals surface area contributed by atoms with Crippen LogP contribution in [0.2, 0.25) is 0 Å². The molecule has 0 aliphatic rings. The van der Waals surface area contributed by atoms with E-state index in [9.17, 15) is 26.4 Å². The zero-order valence-electron chi connectivity index (χ0n) is 11.3. The van der Waals surface area contributed by atoms with Crippen molar-refractivity contribution in [3.05, 3.63) is 16.0 Å². The molecule has 0 saturated heterocycles. The summed E-state index contributed by atoms with van der Waals surface area (Å²) < 4.78 is 67.8. The molecule has 0 aromatic carbocycles. The van der Waals surface area contributed by atoms with Gasteiger partial charge in [0.2, 0.25) is 5.69 Å². The van der Waals surface area contributed by atoms with Gasteiger partial charge >= 0.3 is 21.6 Å². The van der Waals surface area contributed by atoms with Gasteiger partial charge in [0.1, 0.15) is 4.60 Å². The lowest BCUT2D eigenvalue weighted by Crippen LogP contribution is -2.29. The van der Waals surface area contributed by atoms with Crippen molar-refractivity contribution in [1.29, 1.82) is 0 Å². The number of alkyl halides is 3. The minimum absolute atomic E-state index is 0.0646. The maximum absolute atomic E-state index is 12.4. The Hall–Kier alpha value is -1.43. The van der Waals surface area contributed by atoms with Crippen molar-refractivity contribution < 1.29 is 35.3 Å². The second-order valence-electron chi connectivity index (χ2n) is 3.67. The van der Waals surface area contributed by atoms with Gasteiger partial charge in [-0.05, 0) is 29.3 Å². The number of halogens is 4. The van der Waals surface area contributed by atoms with Gasteiger partial charge in [0.05, 0.1) is 12.3 Å². The number of hydrogen-bond acceptors (Lipinski definition) is 7. The van der Waals surface area contributed by atoms with E-state index in [1.165, 1.54) is 6.92 Å². The van der Waals surface area contributed by atoms with Crippen molar-refractivity contribution in [1.82, 2.24) is 9.97 Å². The molecule has 0 fully saturated rings. The molecule has 22 heavy (non-hydrogen) atoms. The largest absolute Gasteiger partial charge is 0.534 e. The van der Waals surface area contributed by atoms with Gasteiger partial charge < -0.3 is 8.92 Å². The zero-order valence-corrected chi connectivity index (χ0v) is 13.7. The first kappa shape index (κ1) is 18.6. The summed E-state index contributed by atoms with van der Waals surface area (Å²) in [7, 11) is -5.99. The van der Waals surface area contributed by atoms with Crippen LogP contribution >= 0.6 is 15.9 Å². The van der Waals surface area contributed by atoms with Crippen LogP contribution in [-0.2, 0) is 21.3 Å². The Balaban J connectivity index is 3.41. The van der Waals surface area contributed by atoms with Gasteiger partial charge in [0, 0.05) is 0 Å². The van der Waals surface area contributed by atoms with Crippen LogP contribution in [0.5, 0.6) is 5.88 Å². The maximum atomic E-state index is 12.4. The van der Waals surface area contributed by atoms with Crippen molar-refractivity contribution in [2.45, 2.75) is 25.8 Å². The van der Waals surface area contributed by atoms with Crippen LogP contribution in [0.4, 0.5) is 13.2 Å². The summed E-state index contributed by atoms with van der Waals surface area (Å²) in [6.07, 6.45) is 0.207. The number of aromatic nitrogens is 2. The van der Waals surface area contributed by atoms with E-state index in [0.717, 1.165) is 0 Å². The maximum Gasteiger partial charge on any atom is 0.534 e. The number of ether oxygens (including phenoxy) is 1.